The van der Waals surface area contributed by atoms with E-state index in [1.165, 1.54) is 11.1 Å². The lowest BCUT2D eigenvalue weighted by Gasteiger charge is -2.52. The van der Waals surface area contributed by atoms with Gasteiger partial charge >= 0.3 is 5.97 Å². The van der Waals surface area contributed by atoms with Gasteiger partial charge in [-0.2, -0.15) is 0 Å². The fourth-order valence-corrected chi connectivity index (χ4v) is 5.96. The summed E-state index contributed by atoms with van der Waals surface area (Å²) in [5.74, 6) is 0.442. The Bertz CT molecular complexity index is 1190. The maximum absolute atomic E-state index is 14.2. The van der Waals surface area contributed by atoms with E-state index in [9.17, 15) is 9.59 Å². The quantitative estimate of drug-likeness (QED) is 0.175. The van der Waals surface area contributed by atoms with E-state index in [0.717, 1.165) is 0 Å². The van der Waals surface area contributed by atoms with Crippen molar-refractivity contribution in [3.8, 4) is 0 Å². The number of hydrogen-bond acceptors (Lipinski definition) is 4. The van der Waals surface area contributed by atoms with Crippen LogP contribution in [0.15, 0.2) is 102 Å². The number of carbonyl (C=O) groups excluding carboxylic acids is 2. The monoisotopic (exact) mass is 500 g/mol. The molecule has 1 aromatic carbocycles. The van der Waals surface area contributed by atoms with Crippen LogP contribution in [0.1, 0.15) is 70.2 Å². The third-order valence-electron chi connectivity index (χ3n) is 7.95. The van der Waals surface area contributed by atoms with Crippen LogP contribution in [0.4, 0.5) is 0 Å². The molecule has 0 aromatic heterocycles. The molecular formula is C33H40O4. The normalized spacial score (nSPS) is 22.5. The predicted octanol–water partition coefficient (Wildman–Crippen LogP) is 8.07. The Balaban J connectivity index is 2.48. The zero-order valence-electron chi connectivity index (χ0n) is 23.0. The topological polar surface area (TPSA) is 52.6 Å². The third kappa shape index (κ3) is 5.07. The van der Waals surface area contributed by atoms with Crippen molar-refractivity contribution in [2.24, 2.45) is 16.7 Å². The van der Waals surface area contributed by atoms with Gasteiger partial charge in [0, 0.05) is 23.0 Å². The van der Waals surface area contributed by atoms with Gasteiger partial charge < -0.3 is 9.47 Å². The van der Waals surface area contributed by atoms with Crippen molar-refractivity contribution in [3.05, 3.63) is 108 Å². The standard InChI is InChI=1S/C33H40O4/c1-9-15-24(22(4)5)20-33-21-25(16-10-2)32(6,7)27(28(34)23-18-13-12-14-19-23)30(33)37-31(35)26(17-11-3)29(33)36-8/h9-14,18-19,25H,1-3,15-17,20-21H2,4-8H3/t25-,33+/m1/s1. The minimum Gasteiger partial charge on any atom is -0.499 e. The largest absolute Gasteiger partial charge is 0.499 e. The number of fused-ring (bicyclic) bond motifs is 1. The Labute approximate surface area is 222 Å². The van der Waals surface area contributed by atoms with Gasteiger partial charge in [0.2, 0.25) is 0 Å². The highest BCUT2D eigenvalue weighted by Gasteiger charge is 2.58. The number of carbonyl (C=O) groups is 2. The summed E-state index contributed by atoms with van der Waals surface area (Å²) in [5, 5.41) is 0. The van der Waals surface area contributed by atoms with Crippen molar-refractivity contribution in [1.29, 1.82) is 0 Å². The van der Waals surface area contributed by atoms with Crippen molar-refractivity contribution in [2.75, 3.05) is 7.11 Å². The highest BCUT2D eigenvalue weighted by Crippen LogP contribution is 2.62. The first-order valence-corrected chi connectivity index (χ1v) is 12.9. The van der Waals surface area contributed by atoms with Gasteiger partial charge in [0.15, 0.2) is 5.78 Å². The Morgan fingerprint density at radius 3 is 2.32 bits per heavy atom. The molecule has 0 saturated heterocycles. The molecule has 0 saturated carbocycles. The Morgan fingerprint density at radius 2 is 1.78 bits per heavy atom. The average molecular weight is 501 g/mol. The summed E-state index contributed by atoms with van der Waals surface area (Å²) < 4.78 is 12.3. The first-order valence-electron chi connectivity index (χ1n) is 12.9. The Kier molecular flexibility index (Phi) is 8.63. The number of benzene rings is 1. The first kappa shape index (κ1) is 28.2. The molecule has 2 aliphatic rings. The number of ketones is 1. The smallest absolute Gasteiger partial charge is 0.342 e. The van der Waals surface area contributed by atoms with Gasteiger partial charge in [-0.05, 0) is 45.4 Å². The summed E-state index contributed by atoms with van der Waals surface area (Å²) in [7, 11) is 1.60. The predicted molar refractivity (Wildman–Crippen MR) is 150 cm³/mol. The molecule has 4 heteroatoms. The minimum absolute atomic E-state index is 0.0606. The lowest BCUT2D eigenvalue weighted by Crippen LogP contribution is -2.48. The average Bonchev–Trinajstić information content (AvgIpc) is 2.86. The van der Waals surface area contributed by atoms with E-state index in [4.69, 9.17) is 9.47 Å². The number of esters is 1. The van der Waals surface area contributed by atoms with Crippen molar-refractivity contribution < 1.29 is 19.1 Å². The van der Waals surface area contributed by atoms with Gasteiger partial charge in [-0.25, -0.2) is 4.79 Å². The molecule has 1 aliphatic carbocycles. The van der Waals surface area contributed by atoms with Crippen LogP contribution in [0.2, 0.25) is 0 Å². The fraction of sp³-hybridized carbons (Fsp3) is 0.394. The first-order chi connectivity index (χ1) is 17.6. The molecule has 1 aliphatic heterocycles. The van der Waals surface area contributed by atoms with Gasteiger partial charge in [0.1, 0.15) is 11.5 Å². The molecule has 0 bridgehead atoms. The highest BCUT2D eigenvalue weighted by atomic mass is 16.5. The van der Waals surface area contributed by atoms with Crippen LogP contribution in [0.3, 0.4) is 0 Å². The van der Waals surface area contributed by atoms with E-state index in [0.29, 0.717) is 60.3 Å². The van der Waals surface area contributed by atoms with Gasteiger partial charge in [-0.15, -0.1) is 19.7 Å². The van der Waals surface area contributed by atoms with E-state index in [2.05, 4.69) is 47.4 Å². The number of hydrogen-bond donors (Lipinski definition) is 0. The molecule has 0 N–H and O–H groups in total. The Morgan fingerprint density at radius 1 is 1.11 bits per heavy atom. The van der Waals surface area contributed by atoms with Gasteiger partial charge in [0.25, 0.3) is 0 Å². The van der Waals surface area contributed by atoms with Crippen LogP contribution in [0.5, 0.6) is 0 Å². The van der Waals surface area contributed by atoms with Crippen LogP contribution in [-0.2, 0) is 14.3 Å². The van der Waals surface area contributed by atoms with Crippen molar-refractivity contribution in [2.45, 2.75) is 59.8 Å². The molecule has 1 heterocycles. The summed E-state index contributed by atoms with van der Waals surface area (Å²) >= 11 is 0. The second-order valence-corrected chi connectivity index (χ2v) is 10.8. The highest BCUT2D eigenvalue weighted by molar-refractivity contribution is 6.10. The van der Waals surface area contributed by atoms with Crippen LogP contribution >= 0.6 is 0 Å². The van der Waals surface area contributed by atoms with E-state index < -0.39 is 16.8 Å². The second-order valence-electron chi connectivity index (χ2n) is 10.8. The minimum atomic E-state index is -0.820. The molecule has 3 rings (SSSR count). The third-order valence-corrected chi connectivity index (χ3v) is 7.95. The van der Waals surface area contributed by atoms with Crippen LogP contribution in [0.25, 0.3) is 0 Å². The Hall–Kier alpha value is -3.40. The molecule has 0 amide bonds. The lowest BCUT2D eigenvalue weighted by molar-refractivity contribution is -0.141. The summed E-state index contributed by atoms with van der Waals surface area (Å²) in [6.45, 7) is 20.2. The van der Waals surface area contributed by atoms with Crippen molar-refractivity contribution >= 4 is 11.8 Å². The van der Waals surface area contributed by atoms with Crippen LogP contribution in [0, 0.1) is 16.7 Å². The maximum Gasteiger partial charge on any atom is 0.342 e. The van der Waals surface area contributed by atoms with Gasteiger partial charge in [-0.1, -0.05) is 73.6 Å². The molecule has 0 fully saturated rings. The molecule has 37 heavy (non-hydrogen) atoms. The van der Waals surface area contributed by atoms with E-state index in [-0.39, 0.29) is 11.7 Å². The molecular weight excluding hydrogens is 460 g/mol. The number of ether oxygens (including phenoxy) is 2. The molecule has 2 atom stereocenters. The SMILES string of the molecule is C=CCC(C[C@@]12C[C@@H](CC=C)C(C)(C)C(C(=O)c3ccccc3)=C1OC(=O)C(CC=C)=C2OC)=C(C)C. The molecule has 0 unspecified atom stereocenters. The summed E-state index contributed by atoms with van der Waals surface area (Å²) in [6, 6.07) is 9.21. The molecule has 196 valence electrons. The van der Waals surface area contributed by atoms with E-state index >= 15 is 0 Å². The molecule has 1 aromatic rings. The summed E-state index contributed by atoms with van der Waals surface area (Å²) in [5.41, 5.74) is 2.52. The van der Waals surface area contributed by atoms with Crippen LogP contribution in [-0.4, -0.2) is 18.9 Å². The number of methoxy groups -OCH3 is 1. The maximum atomic E-state index is 14.2. The zero-order chi connectivity index (χ0) is 27.4. The molecule has 0 radical (unpaired) electrons. The molecule has 4 nitrogen and oxygen atoms in total. The summed E-state index contributed by atoms with van der Waals surface area (Å²) in [4.78, 5) is 27.7. The van der Waals surface area contributed by atoms with E-state index in [1.807, 2.05) is 42.5 Å². The van der Waals surface area contributed by atoms with Gasteiger partial charge in [0.05, 0.1) is 18.1 Å². The van der Waals surface area contributed by atoms with E-state index in [1.54, 1.807) is 13.2 Å². The fourth-order valence-electron chi connectivity index (χ4n) is 5.96. The summed E-state index contributed by atoms with van der Waals surface area (Å²) in [6.07, 6.45) is 8.42. The van der Waals surface area contributed by atoms with Crippen molar-refractivity contribution in [1.82, 2.24) is 0 Å². The number of Topliss-reactive ketones (excluding diaryl/α,β-unsaturated/α-hetero) is 1. The zero-order valence-corrected chi connectivity index (χ0v) is 23.0. The second kappa shape index (κ2) is 11.3. The van der Waals surface area contributed by atoms with Gasteiger partial charge in [-0.3, -0.25) is 4.79 Å². The number of allylic oxidation sites excluding steroid dienone is 6. The van der Waals surface area contributed by atoms with Crippen molar-refractivity contribution in [3.63, 3.8) is 0 Å². The lowest BCUT2D eigenvalue weighted by atomic mass is 9.54. The molecule has 0 spiro atoms. The number of rotatable bonds is 11. The van der Waals surface area contributed by atoms with Crippen LogP contribution < -0.4 is 0 Å².